The SMILES string of the molecule is CNCC(=O)NC(Cc1ccccc1)C(=O)NC(CC(C)C)C(=O)NCC(=O)N(C)CCN(C)C(=O)Oc1c(OC)cc(C)cc1OC. The molecule has 0 spiro atoms. The van der Waals surface area contributed by atoms with Gasteiger partial charge in [-0.2, -0.15) is 0 Å². The van der Waals surface area contributed by atoms with E-state index in [2.05, 4.69) is 21.3 Å². The highest BCUT2D eigenvalue weighted by atomic mass is 16.6. The van der Waals surface area contributed by atoms with Gasteiger partial charge in [-0.25, -0.2) is 4.79 Å². The molecule has 2 unspecified atom stereocenters. The fraction of sp³-hybridized carbons (Fsp3) is 0.500. The van der Waals surface area contributed by atoms with E-state index in [1.165, 1.54) is 31.1 Å². The van der Waals surface area contributed by atoms with Crippen LogP contribution in [0.15, 0.2) is 42.5 Å². The average molecular weight is 671 g/mol. The molecule has 2 atom stereocenters. The Kier molecular flexibility index (Phi) is 16.2. The minimum atomic E-state index is -0.938. The number of aryl methyl sites for hydroxylation is 1. The Morgan fingerprint density at radius 1 is 0.812 bits per heavy atom. The third-order valence-electron chi connectivity index (χ3n) is 7.33. The van der Waals surface area contributed by atoms with Gasteiger partial charge in [0.25, 0.3) is 0 Å². The number of likely N-dealkylation sites (N-methyl/N-ethyl adjacent to an activating group) is 3. The van der Waals surface area contributed by atoms with Crippen LogP contribution in [0.2, 0.25) is 0 Å². The maximum Gasteiger partial charge on any atom is 0.415 e. The number of carbonyl (C=O) groups excluding carboxylic acids is 5. The van der Waals surface area contributed by atoms with Gasteiger partial charge in [0.1, 0.15) is 12.1 Å². The van der Waals surface area contributed by atoms with Crippen LogP contribution in [0.1, 0.15) is 31.4 Å². The van der Waals surface area contributed by atoms with E-state index >= 15 is 0 Å². The Hall–Kier alpha value is -4.85. The molecular formula is C34H50N6O8. The highest BCUT2D eigenvalue weighted by Crippen LogP contribution is 2.38. The zero-order chi connectivity index (χ0) is 35.8. The smallest absolute Gasteiger partial charge is 0.415 e. The lowest BCUT2D eigenvalue weighted by Crippen LogP contribution is -2.56. The molecule has 4 N–H and O–H groups in total. The average Bonchev–Trinajstić information content (AvgIpc) is 3.05. The molecule has 14 nitrogen and oxygen atoms in total. The van der Waals surface area contributed by atoms with Crippen molar-refractivity contribution in [2.45, 2.75) is 45.7 Å². The normalized spacial score (nSPS) is 11.9. The van der Waals surface area contributed by atoms with Gasteiger partial charge in [-0.15, -0.1) is 0 Å². The van der Waals surface area contributed by atoms with Gasteiger partial charge in [0, 0.05) is 33.6 Å². The molecule has 0 aliphatic carbocycles. The summed E-state index contributed by atoms with van der Waals surface area (Å²) in [4.78, 5) is 67.3. The summed E-state index contributed by atoms with van der Waals surface area (Å²) in [5.41, 5.74) is 1.71. The highest BCUT2D eigenvalue weighted by Gasteiger charge is 2.28. The molecule has 2 rings (SSSR count). The first-order chi connectivity index (χ1) is 22.8. The standard InChI is InChI=1S/C34H50N6O8/c1-22(2)16-25(38-33(44)26(37-29(41)20-35-4)19-24-12-10-9-11-13-24)32(43)36-21-30(42)39(5)14-15-40(6)34(45)48-31-27(46-7)17-23(3)18-28(31)47-8/h9-13,17-18,22,25-26,35H,14-16,19-21H2,1-8H3,(H,36,43)(H,37,41)(H,38,44). The number of nitrogens with zero attached hydrogens (tertiary/aromatic N) is 2. The van der Waals surface area contributed by atoms with Crippen LogP contribution in [0.3, 0.4) is 0 Å². The number of ether oxygens (including phenoxy) is 3. The Labute approximate surface area is 282 Å². The van der Waals surface area contributed by atoms with E-state index in [4.69, 9.17) is 14.2 Å². The predicted molar refractivity (Wildman–Crippen MR) is 181 cm³/mol. The van der Waals surface area contributed by atoms with Crippen LogP contribution in [0.25, 0.3) is 0 Å². The molecule has 48 heavy (non-hydrogen) atoms. The summed E-state index contributed by atoms with van der Waals surface area (Å²) in [6, 6.07) is 10.8. The molecule has 2 aromatic carbocycles. The van der Waals surface area contributed by atoms with Gasteiger partial charge in [-0.05, 0) is 49.6 Å². The number of amides is 5. The van der Waals surface area contributed by atoms with Crippen molar-refractivity contribution in [1.82, 2.24) is 31.1 Å². The molecule has 0 bridgehead atoms. The maximum absolute atomic E-state index is 13.4. The molecule has 0 aliphatic rings. The summed E-state index contributed by atoms with van der Waals surface area (Å²) in [6.07, 6.45) is -0.132. The highest BCUT2D eigenvalue weighted by molar-refractivity contribution is 5.93. The van der Waals surface area contributed by atoms with Crippen molar-refractivity contribution in [3.63, 3.8) is 0 Å². The van der Waals surface area contributed by atoms with Crippen LogP contribution in [0.5, 0.6) is 17.2 Å². The Morgan fingerprint density at radius 2 is 1.42 bits per heavy atom. The first-order valence-electron chi connectivity index (χ1n) is 15.7. The second-order valence-corrected chi connectivity index (χ2v) is 11.9. The summed E-state index contributed by atoms with van der Waals surface area (Å²) in [6.45, 7) is 5.68. The lowest BCUT2D eigenvalue weighted by Gasteiger charge is -2.25. The molecular weight excluding hydrogens is 620 g/mol. The van der Waals surface area contributed by atoms with Gasteiger partial charge in [0.05, 0.1) is 27.3 Å². The molecule has 0 heterocycles. The van der Waals surface area contributed by atoms with Crippen molar-refractivity contribution < 1.29 is 38.2 Å². The van der Waals surface area contributed by atoms with Crippen LogP contribution >= 0.6 is 0 Å². The summed E-state index contributed by atoms with van der Waals surface area (Å²) in [7, 11) is 7.63. The van der Waals surface area contributed by atoms with Crippen molar-refractivity contribution >= 4 is 29.7 Å². The van der Waals surface area contributed by atoms with Gasteiger partial charge < -0.3 is 45.3 Å². The Morgan fingerprint density at radius 3 is 1.98 bits per heavy atom. The maximum atomic E-state index is 13.4. The van der Waals surface area contributed by atoms with E-state index in [0.717, 1.165) is 11.1 Å². The molecule has 5 amide bonds. The molecule has 2 aromatic rings. The number of rotatable bonds is 18. The molecule has 0 radical (unpaired) electrons. The fourth-order valence-electron chi connectivity index (χ4n) is 4.65. The third kappa shape index (κ3) is 12.7. The van der Waals surface area contributed by atoms with Crippen molar-refractivity contribution in [1.29, 1.82) is 0 Å². The first kappa shape index (κ1) is 39.3. The minimum Gasteiger partial charge on any atom is -0.493 e. The summed E-state index contributed by atoms with van der Waals surface area (Å²) >= 11 is 0. The summed E-state index contributed by atoms with van der Waals surface area (Å²) in [5, 5.41) is 10.9. The first-order valence-corrected chi connectivity index (χ1v) is 15.7. The van der Waals surface area contributed by atoms with Crippen molar-refractivity contribution in [3.05, 3.63) is 53.6 Å². The van der Waals surface area contributed by atoms with Crippen LogP contribution in [0, 0.1) is 12.8 Å². The largest absolute Gasteiger partial charge is 0.493 e. The molecule has 14 heteroatoms. The van der Waals surface area contributed by atoms with E-state index in [1.807, 2.05) is 51.1 Å². The molecule has 264 valence electrons. The number of hydrogen-bond acceptors (Lipinski definition) is 9. The molecule has 0 aromatic heterocycles. The number of carbonyl (C=O) groups is 5. The third-order valence-corrected chi connectivity index (χ3v) is 7.33. The summed E-state index contributed by atoms with van der Waals surface area (Å²) in [5.74, 6) is -0.930. The quantitative estimate of drug-likeness (QED) is 0.184. The van der Waals surface area contributed by atoms with Crippen molar-refractivity contribution in [3.8, 4) is 17.2 Å². The van der Waals surface area contributed by atoms with E-state index in [-0.39, 0.29) is 50.2 Å². The zero-order valence-corrected chi connectivity index (χ0v) is 29.2. The van der Waals surface area contributed by atoms with Crippen LogP contribution in [-0.2, 0) is 25.6 Å². The molecule has 0 saturated carbocycles. The van der Waals surface area contributed by atoms with Crippen LogP contribution in [-0.4, -0.2) is 113 Å². The van der Waals surface area contributed by atoms with E-state index < -0.39 is 35.9 Å². The number of hydrogen-bond donors (Lipinski definition) is 4. The lowest BCUT2D eigenvalue weighted by molar-refractivity contribution is -0.134. The zero-order valence-electron chi connectivity index (χ0n) is 29.2. The molecule has 0 aliphatic heterocycles. The van der Waals surface area contributed by atoms with E-state index in [1.54, 1.807) is 26.2 Å². The van der Waals surface area contributed by atoms with Gasteiger partial charge in [0.2, 0.25) is 29.4 Å². The number of methoxy groups -OCH3 is 2. The topological polar surface area (TPSA) is 168 Å². The molecule has 0 saturated heterocycles. The van der Waals surface area contributed by atoms with E-state index in [9.17, 15) is 24.0 Å². The van der Waals surface area contributed by atoms with Gasteiger partial charge in [-0.1, -0.05) is 44.2 Å². The predicted octanol–water partition coefficient (Wildman–Crippen LogP) is 1.50. The monoisotopic (exact) mass is 670 g/mol. The van der Waals surface area contributed by atoms with Crippen LogP contribution in [0.4, 0.5) is 4.79 Å². The summed E-state index contributed by atoms with van der Waals surface area (Å²) < 4.78 is 16.2. The second-order valence-electron chi connectivity index (χ2n) is 11.9. The second kappa shape index (κ2) is 19.7. The van der Waals surface area contributed by atoms with Crippen molar-refractivity contribution in [2.24, 2.45) is 5.92 Å². The van der Waals surface area contributed by atoms with Crippen molar-refractivity contribution in [2.75, 3.05) is 61.5 Å². The van der Waals surface area contributed by atoms with Gasteiger partial charge in [0.15, 0.2) is 11.5 Å². The Balaban J connectivity index is 1.98. The Bertz CT molecular complexity index is 1360. The van der Waals surface area contributed by atoms with Gasteiger partial charge >= 0.3 is 6.09 Å². The number of nitrogens with one attached hydrogen (secondary N) is 4. The minimum absolute atomic E-state index is 0.0251. The van der Waals surface area contributed by atoms with Crippen LogP contribution < -0.4 is 35.5 Å². The van der Waals surface area contributed by atoms with Gasteiger partial charge in [-0.3, -0.25) is 19.2 Å². The van der Waals surface area contributed by atoms with E-state index in [0.29, 0.717) is 17.9 Å². The lowest BCUT2D eigenvalue weighted by atomic mass is 10.0. The molecule has 0 fully saturated rings. The fourth-order valence-corrected chi connectivity index (χ4v) is 4.65. The number of benzene rings is 2.